The van der Waals surface area contributed by atoms with Crippen LogP contribution in [0.5, 0.6) is 5.75 Å². The molecule has 3 nitrogen and oxygen atoms in total. The van der Waals surface area contributed by atoms with Crippen molar-refractivity contribution in [2.24, 2.45) is 0 Å². The molecule has 0 aliphatic rings. The van der Waals surface area contributed by atoms with Gasteiger partial charge in [0, 0.05) is 6.42 Å². The molecule has 0 unspecified atom stereocenters. The van der Waals surface area contributed by atoms with Crippen LogP contribution in [0.2, 0.25) is 0 Å². The van der Waals surface area contributed by atoms with Gasteiger partial charge in [0.05, 0.1) is 12.3 Å². The van der Waals surface area contributed by atoms with Crippen LogP contribution >= 0.6 is 0 Å². The predicted molar refractivity (Wildman–Crippen MR) is 85.7 cm³/mol. The van der Waals surface area contributed by atoms with Gasteiger partial charge in [0.25, 0.3) is 0 Å². The second kappa shape index (κ2) is 7.59. The molecule has 0 aromatic heterocycles. The van der Waals surface area contributed by atoms with Crippen LogP contribution in [0.15, 0.2) is 42.5 Å². The maximum Gasteiger partial charge on any atom is 0.224 e. The first-order valence-electron chi connectivity index (χ1n) is 7.30. The van der Waals surface area contributed by atoms with E-state index in [2.05, 4.69) is 5.32 Å². The molecule has 0 fully saturated rings. The second-order valence-electron chi connectivity index (χ2n) is 5.30. The Bertz CT molecular complexity index is 638. The number of nitrogens with one attached hydrogen (secondary N) is 1. The van der Waals surface area contributed by atoms with Crippen LogP contribution in [-0.2, 0) is 4.79 Å². The molecule has 0 aliphatic carbocycles. The van der Waals surface area contributed by atoms with Crippen molar-refractivity contribution in [1.82, 2.24) is 0 Å². The summed E-state index contributed by atoms with van der Waals surface area (Å²) in [7, 11) is 0. The van der Waals surface area contributed by atoms with E-state index in [1.807, 2.05) is 31.2 Å². The largest absolute Gasteiger partial charge is 0.494 e. The molecule has 2 aromatic rings. The topological polar surface area (TPSA) is 38.3 Å². The summed E-state index contributed by atoms with van der Waals surface area (Å²) in [5.74, 6) is 0.162. The lowest BCUT2D eigenvalue weighted by atomic mass is 10.2. The lowest BCUT2D eigenvalue weighted by Gasteiger charge is -2.08. The maximum absolute atomic E-state index is 13.6. The smallest absolute Gasteiger partial charge is 0.224 e. The molecular weight excluding hydrogens is 281 g/mol. The van der Waals surface area contributed by atoms with E-state index < -0.39 is 5.82 Å². The van der Waals surface area contributed by atoms with Crippen molar-refractivity contribution in [2.75, 3.05) is 11.9 Å². The molecule has 22 heavy (non-hydrogen) atoms. The first-order valence-corrected chi connectivity index (χ1v) is 7.30. The van der Waals surface area contributed by atoms with Gasteiger partial charge in [-0.25, -0.2) is 4.39 Å². The van der Waals surface area contributed by atoms with Gasteiger partial charge in [0.2, 0.25) is 5.91 Å². The van der Waals surface area contributed by atoms with Crippen molar-refractivity contribution in [3.8, 4) is 5.75 Å². The van der Waals surface area contributed by atoms with Crippen LogP contribution in [-0.4, -0.2) is 12.5 Å². The van der Waals surface area contributed by atoms with Gasteiger partial charge in [-0.05, 0) is 50.1 Å². The Kier molecular flexibility index (Phi) is 5.53. The van der Waals surface area contributed by atoms with Crippen molar-refractivity contribution in [2.45, 2.75) is 26.7 Å². The van der Waals surface area contributed by atoms with Gasteiger partial charge in [0.1, 0.15) is 11.6 Å². The summed E-state index contributed by atoms with van der Waals surface area (Å²) in [5.41, 5.74) is 2.21. The van der Waals surface area contributed by atoms with Gasteiger partial charge in [-0.2, -0.15) is 0 Å². The zero-order valence-electron chi connectivity index (χ0n) is 12.9. The van der Waals surface area contributed by atoms with E-state index in [9.17, 15) is 9.18 Å². The number of benzene rings is 2. The van der Waals surface area contributed by atoms with Gasteiger partial charge in [0.15, 0.2) is 0 Å². The SMILES string of the molecule is Cc1ccc(OCCCC(=O)Nc2ccc(C)cc2F)cc1. The number of hydrogen-bond donors (Lipinski definition) is 1. The molecular formula is C18H20FNO2. The standard InChI is InChI=1S/C18H20FNO2/c1-13-5-8-15(9-6-13)22-11-3-4-18(21)20-17-10-7-14(2)12-16(17)19/h5-10,12H,3-4,11H2,1-2H3,(H,20,21). The molecule has 2 rings (SSSR count). The van der Waals surface area contributed by atoms with Crippen molar-refractivity contribution in [1.29, 1.82) is 0 Å². The quantitative estimate of drug-likeness (QED) is 0.810. The number of rotatable bonds is 6. The number of anilines is 1. The molecule has 0 radical (unpaired) electrons. The Morgan fingerprint density at radius 3 is 2.45 bits per heavy atom. The fourth-order valence-corrected chi connectivity index (χ4v) is 1.99. The number of hydrogen-bond acceptors (Lipinski definition) is 2. The third kappa shape index (κ3) is 4.88. The number of ether oxygens (including phenoxy) is 1. The average Bonchev–Trinajstić information content (AvgIpc) is 2.48. The third-order valence-electron chi connectivity index (χ3n) is 3.24. The first kappa shape index (κ1) is 16.0. The zero-order chi connectivity index (χ0) is 15.9. The molecule has 0 heterocycles. The first-order chi connectivity index (χ1) is 10.5. The molecule has 0 atom stereocenters. The van der Waals surface area contributed by atoms with Crippen molar-refractivity contribution >= 4 is 11.6 Å². The zero-order valence-corrected chi connectivity index (χ0v) is 12.9. The Balaban J connectivity index is 1.72. The Morgan fingerprint density at radius 2 is 1.77 bits per heavy atom. The third-order valence-corrected chi connectivity index (χ3v) is 3.24. The highest BCUT2D eigenvalue weighted by Gasteiger charge is 2.07. The molecule has 1 amide bonds. The van der Waals surface area contributed by atoms with Gasteiger partial charge >= 0.3 is 0 Å². The minimum absolute atomic E-state index is 0.213. The Morgan fingerprint density at radius 1 is 1.09 bits per heavy atom. The van der Waals surface area contributed by atoms with E-state index in [-0.39, 0.29) is 11.6 Å². The molecule has 2 aromatic carbocycles. The highest BCUT2D eigenvalue weighted by molar-refractivity contribution is 5.90. The molecule has 0 saturated carbocycles. The van der Waals surface area contributed by atoms with Gasteiger partial charge in [-0.1, -0.05) is 23.8 Å². The van der Waals surface area contributed by atoms with Crippen LogP contribution in [0.1, 0.15) is 24.0 Å². The van der Waals surface area contributed by atoms with E-state index in [4.69, 9.17) is 4.74 Å². The van der Waals surface area contributed by atoms with Crippen molar-refractivity contribution in [3.05, 3.63) is 59.4 Å². The second-order valence-corrected chi connectivity index (χ2v) is 5.30. The average molecular weight is 301 g/mol. The molecule has 0 aliphatic heterocycles. The monoisotopic (exact) mass is 301 g/mol. The number of carbonyl (C=O) groups is 1. The van der Waals surface area contributed by atoms with Crippen molar-refractivity contribution < 1.29 is 13.9 Å². The molecule has 0 saturated heterocycles. The van der Waals surface area contributed by atoms with Crippen LogP contribution in [0.25, 0.3) is 0 Å². The molecule has 0 bridgehead atoms. The number of amides is 1. The summed E-state index contributed by atoms with van der Waals surface area (Å²) < 4.78 is 19.2. The van der Waals surface area contributed by atoms with Gasteiger partial charge in [-0.15, -0.1) is 0 Å². The van der Waals surface area contributed by atoms with E-state index in [0.717, 1.165) is 11.3 Å². The minimum atomic E-state index is -0.413. The van der Waals surface area contributed by atoms with Crippen LogP contribution in [0.4, 0.5) is 10.1 Å². The lowest BCUT2D eigenvalue weighted by Crippen LogP contribution is -2.13. The van der Waals surface area contributed by atoms with E-state index in [1.54, 1.807) is 19.1 Å². The van der Waals surface area contributed by atoms with E-state index in [1.165, 1.54) is 11.6 Å². The van der Waals surface area contributed by atoms with Crippen LogP contribution < -0.4 is 10.1 Å². The summed E-state index contributed by atoms with van der Waals surface area (Å²) in [6, 6.07) is 12.5. The maximum atomic E-state index is 13.6. The van der Waals surface area contributed by atoms with E-state index in [0.29, 0.717) is 19.4 Å². The summed E-state index contributed by atoms with van der Waals surface area (Å²) >= 11 is 0. The van der Waals surface area contributed by atoms with E-state index >= 15 is 0 Å². The highest BCUT2D eigenvalue weighted by atomic mass is 19.1. The number of carbonyl (C=O) groups excluding carboxylic acids is 1. The molecule has 116 valence electrons. The van der Waals surface area contributed by atoms with Gasteiger partial charge < -0.3 is 10.1 Å². The summed E-state index contributed by atoms with van der Waals surface area (Å²) in [5, 5.41) is 2.57. The molecule has 4 heteroatoms. The number of halogens is 1. The van der Waals surface area contributed by atoms with Gasteiger partial charge in [-0.3, -0.25) is 4.79 Å². The Hall–Kier alpha value is -2.36. The molecule has 0 spiro atoms. The predicted octanol–water partition coefficient (Wildman–Crippen LogP) is 4.24. The number of aryl methyl sites for hydroxylation is 2. The fraction of sp³-hybridized carbons (Fsp3) is 0.278. The fourth-order valence-electron chi connectivity index (χ4n) is 1.99. The normalized spacial score (nSPS) is 10.3. The summed E-state index contributed by atoms with van der Waals surface area (Å²) in [6.45, 7) is 4.27. The Labute approximate surface area is 130 Å². The highest BCUT2D eigenvalue weighted by Crippen LogP contribution is 2.16. The minimum Gasteiger partial charge on any atom is -0.494 e. The van der Waals surface area contributed by atoms with Crippen LogP contribution in [0.3, 0.4) is 0 Å². The summed E-state index contributed by atoms with van der Waals surface area (Å²) in [4.78, 5) is 11.8. The summed E-state index contributed by atoms with van der Waals surface area (Å²) in [6.07, 6.45) is 0.867. The van der Waals surface area contributed by atoms with Crippen LogP contribution in [0, 0.1) is 19.7 Å². The lowest BCUT2D eigenvalue weighted by molar-refractivity contribution is -0.116. The van der Waals surface area contributed by atoms with Crippen molar-refractivity contribution in [3.63, 3.8) is 0 Å². The molecule has 1 N–H and O–H groups in total.